The number of rotatable bonds is 1. The molecule has 0 amide bonds. The first-order valence-corrected chi connectivity index (χ1v) is 3.71. The minimum absolute atomic E-state index is 0.560. The summed E-state index contributed by atoms with van der Waals surface area (Å²) in [6.07, 6.45) is 0. The normalized spacial score (nSPS) is 15.6. The molecule has 0 aromatic rings. The van der Waals surface area contributed by atoms with Crippen molar-refractivity contribution >= 4 is 19.9 Å². The van der Waals surface area contributed by atoms with E-state index in [1.54, 1.807) is 0 Å². The van der Waals surface area contributed by atoms with Crippen LogP contribution >= 0.6 is 0 Å². The Morgan fingerprint density at radius 2 is 2.20 bits per heavy atom. The second kappa shape index (κ2) is 2.55. The first kappa shape index (κ1) is 5.31. The van der Waals surface area contributed by atoms with Crippen molar-refractivity contribution in [3.05, 3.63) is 0 Å². The Kier molecular flexibility index (Phi) is 2.71. The lowest BCUT2D eigenvalue weighted by molar-refractivity contribution is 0.439. The third-order valence-electron chi connectivity index (χ3n) is 0.241. The van der Waals surface area contributed by atoms with E-state index < -0.39 is 9.45 Å². The second-order valence-electron chi connectivity index (χ2n) is 0.626. The highest BCUT2D eigenvalue weighted by Crippen LogP contribution is 1.52. The maximum absolute atomic E-state index is 8.09. The van der Waals surface area contributed by atoms with Crippen molar-refractivity contribution in [2.45, 2.75) is 0 Å². The third-order valence-corrected chi connectivity index (χ3v) is 2.17. The fourth-order valence-electron chi connectivity index (χ4n) is 0. The molecule has 1 atom stereocenters. The third kappa shape index (κ3) is 4.31. The van der Waals surface area contributed by atoms with Gasteiger partial charge in [-0.1, -0.05) is 0 Å². The van der Waals surface area contributed by atoms with Crippen molar-refractivity contribution in [3.8, 4) is 0 Å². The standard InChI is InChI=1S/H7NO2Si2/c1-5(2)3-4/h2,5H,1H2,4H3. The lowest BCUT2D eigenvalue weighted by Crippen LogP contribution is -2.27. The molecule has 1 unspecified atom stereocenters. The zero-order chi connectivity index (χ0) is 4.28. The molecule has 0 fully saturated rings. The van der Waals surface area contributed by atoms with Gasteiger partial charge < -0.3 is 14.3 Å². The van der Waals surface area contributed by atoms with Gasteiger partial charge in [-0.15, -0.1) is 0 Å². The van der Waals surface area contributed by atoms with E-state index in [1.807, 2.05) is 0 Å². The summed E-state index contributed by atoms with van der Waals surface area (Å²) in [6.45, 7) is 0. The molecule has 0 aliphatic carbocycles. The van der Waals surface area contributed by atoms with Crippen LogP contribution in [0.3, 0.4) is 0 Å². The van der Waals surface area contributed by atoms with Crippen LogP contribution in [0.1, 0.15) is 0 Å². The first-order valence-electron chi connectivity index (χ1n) is 1.24. The van der Waals surface area contributed by atoms with Crippen molar-refractivity contribution < 1.29 is 8.91 Å². The Bertz CT molecular complexity index is 21.6. The van der Waals surface area contributed by atoms with E-state index in [9.17, 15) is 0 Å². The number of nitrogens with two attached hydrogens (primary N) is 1. The summed E-state index contributed by atoms with van der Waals surface area (Å²) in [5, 5.41) is 4.80. The molecule has 0 aromatic heterocycles. The van der Waals surface area contributed by atoms with Crippen molar-refractivity contribution in [3.63, 3.8) is 0 Å². The molecule has 0 aliphatic rings. The first-order chi connectivity index (χ1) is 2.27. The molecule has 0 saturated heterocycles. The summed E-state index contributed by atoms with van der Waals surface area (Å²) in [7, 11) is -1.53. The van der Waals surface area contributed by atoms with Crippen LogP contribution in [0, 0.1) is 0 Å². The Balaban J connectivity index is 2.54. The highest BCUT2D eigenvalue weighted by Gasteiger charge is 1.87. The van der Waals surface area contributed by atoms with Gasteiger partial charge in [-0.05, 0) is 0 Å². The van der Waals surface area contributed by atoms with E-state index >= 15 is 0 Å². The average Bonchev–Trinajstić information content (AvgIpc) is 1.38. The van der Waals surface area contributed by atoms with Gasteiger partial charge in [0.05, 0.1) is 0 Å². The number of hydrogen-bond donors (Lipinski definition) is 2. The number of hydrogen-bond acceptors (Lipinski definition) is 3. The molecule has 0 radical (unpaired) electrons. The topological polar surface area (TPSA) is 55.5 Å². The smallest absolute Gasteiger partial charge is 0.391 e. The Labute approximate surface area is 35.2 Å². The zero-order valence-corrected chi connectivity index (χ0v) is 6.16. The molecule has 0 bridgehead atoms. The molecule has 5 heavy (non-hydrogen) atoms. The van der Waals surface area contributed by atoms with Gasteiger partial charge in [0.25, 0.3) is 0 Å². The molecule has 0 aromatic carbocycles. The monoisotopic (exact) mass is 109 g/mol. The summed E-state index contributed by atoms with van der Waals surface area (Å²) in [5.74, 6) is 0. The highest BCUT2D eigenvalue weighted by molar-refractivity contribution is 6.43. The Morgan fingerprint density at radius 1 is 2.00 bits per heavy atom. The van der Waals surface area contributed by atoms with Crippen LogP contribution in [-0.2, 0) is 4.12 Å². The van der Waals surface area contributed by atoms with Crippen molar-refractivity contribution in [2.75, 3.05) is 0 Å². The second-order valence-corrected chi connectivity index (χ2v) is 3.29. The van der Waals surface area contributed by atoms with Gasteiger partial charge in [-0.3, -0.25) is 0 Å². The van der Waals surface area contributed by atoms with Crippen LogP contribution < -0.4 is 5.40 Å². The summed E-state index contributed by atoms with van der Waals surface area (Å²) >= 11 is 0. The van der Waals surface area contributed by atoms with E-state index in [-0.39, 0.29) is 0 Å². The minimum atomic E-state index is -2.09. The summed E-state index contributed by atoms with van der Waals surface area (Å²) < 4.78 is 4.36. The maximum atomic E-state index is 8.09. The van der Waals surface area contributed by atoms with Gasteiger partial charge in [0.15, 0.2) is 0 Å². The van der Waals surface area contributed by atoms with Gasteiger partial charge in [0.1, 0.15) is 10.5 Å². The molecule has 0 spiro atoms. The molecule has 3 N–H and O–H groups in total. The van der Waals surface area contributed by atoms with Crippen molar-refractivity contribution in [1.82, 2.24) is 0 Å². The van der Waals surface area contributed by atoms with Gasteiger partial charge in [0.2, 0.25) is 0 Å². The molecule has 5 heteroatoms. The van der Waals surface area contributed by atoms with Gasteiger partial charge >= 0.3 is 9.45 Å². The fourth-order valence-corrected chi connectivity index (χ4v) is 0. The largest absolute Gasteiger partial charge is 0.436 e. The fraction of sp³-hybridized carbons (Fsp3) is 0. The van der Waals surface area contributed by atoms with Crippen LogP contribution in [0.4, 0.5) is 0 Å². The summed E-state index contributed by atoms with van der Waals surface area (Å²) in [5.41, 5.74) is 0. The van der Waals surface area contributed by atoms with Crippen LogP contribution in [-0.4, -0.2) is 24.7 Å². The van der Waals surface area contributed by atoms with Crippen molar-refractivity contribution in [1.29, 1.82) is 0 Å². The Morgan fingerprint density at radius 3 is 2.20 bits per heavy atom. The molecule has 3 nitrogen and oxygen atoms in total. The molecule has 0 saturated carbocycles. The average molecular weight is 109 g/mol. The van der Waals surface area contributed by atoms with Gasteiger partial charge in [-0.25, -0.2) is 0 Å². The molecular weight excluding hydrogens is 102 g/mol. The zero-order valence-electron chi connectivity index (χ0n) is 3.01. The van der Waals surface area contributed by atoms with Crippen molar-refractivity contribution in [2.24, 2.45) is 5.40 Å². The predicted molar refractivity (Wildman–Crippen MR) is 24.6 cm³/mol. The van der Waals surface area contributed by atoms with E-state index in [0.29, 0.717) is 10.5 Å². The van der Waals surface area contributed by atoms with Crippen LogP contribution in [0.15, 0.2) is 0 Å². The van der Waals surface area contributed by atoms with E-state index in [4.69, 9.17) is 10.2 Å². The highest BCUT2D eigenvalue weighted by atomic mass is 28.4. The predicted octanol–water partition coefficient (Wildman–Crippen LogP) is -3.05. The van der Waals surface area contributed by atoms with Crippen LogP contribution in [0.25, 0.3) is 0 Å². The van der Waals surface area contributed by atoms with Crippen LogP contribution in [0.2, 0.25) is 0 Å². The lowest BCUT2D eigenvalue weighted by atomic mass is 13.9. The van der Waals surface area contributed by atoms with Crippen LogP contribution in [0.5, 0.6) is 0 Å². The molecule has 0 aliphatic heterocycles. The lowest BCUT2D eigenvalue weighted by Gasteiger charge is -1.91. The summed E-state index contributed by atoms with van der Waals surface area (Å²) in [6, 6.07) is 0. The molecule has 0 rings (SSSR count). The quantitative estimate of drug-likeness (QED) is 0.352. The Hall–Kier alpha value is 0.314. The van der Waals surface area contributed by atoms with Gasteiger partial charge in [0, 0.05) is 0 Å². The van der Waals surface area contributed by atoms with Gasteiger partial charge in [-0.2, -0.15) is 0 Å². The molecular formula is H7NO2Si2. The SMILES string of the molecule is N[SiH](O)O[SiH3]. The minimum Gasteiger partial charge on any atom is -0.436 e. The molecule has 0 heterocycles. The van der Waals surface area contributed by atoms with E-state index in [1.165, 1.54) is 0 Å². The van der Waals surface area contributed by atoms with E-state index in [0.717, 1.165) is 0 Å². The molecule has 32 valence electrons. The van der Waals surface area contributed by atoms with E-state index in [2.05, 4.69) is 4.12 Å². The maximum Gasteiger partial charge on any atom is 0.391 e. The summed E-state index contributed by atoms with van der Waals surface area (Å²) in [4.78, 5) is 8.09.